The molecule has 3 fully saturated rings. The van der Waals surface area contributed by atoms with Crippen LogP contribution >= 0.6 is 0 Å². The maximum Gasteiger partial charge on any atom is 0.417 e. The predicted octanol–water partition coefficient (Wildman–Crippen LogP) is 6.50. The number of hydrogen-bond acceptors (Lipinski definition) is 9. The molecule has 0 aliphatic carbocycles. The van der Waals surface area contributed by atoms with Crippen molar-refractivity contribution in [3.8, 4) is 11.8 Å². The number of anilines is 2. The number of benzene rings is 3. The fraction of sp³-hybridized carbons (Fsp3) is 0.500. The lowest BCUT2D eigenvalue weighted by atomic mass is 9.89. The van der Waals surface area contributed by atoms with Crippen molar-refractivity contribution in [3.05, 3.63) is 88.5 Å². The molecule has 0 radical (unpaired) electrons. The van der Waals surface area contributed by atoms with E-state index in [1.165, 1.54) is 11.6 Å². The number of nitrogens with one attached hydrogen (secondary N) is 1. The first-order chi connectivity index (χ1) is 28.1. The summed E-state index contributed by atoms with van der Waals surface area (Å²) in [5, 5.41) is 11.5. The van der Waals surface area contributed by atoms with Crippen LogP contribution in [0.25, 0.3) is 0 Å². The number of nitrogens with zero attached hydrogens (tertiary/aromatic N) is 5. The number of imide groups is 1. The molecule has 0 bridgehead atoms. The average Bonchev–Trinajstić information content (AvgIpc) is 3.52. The Morgan fingerprint density at radius 1 is 0.828 bits per heavy atom. The van der Waals surface area contributed by atoms with Crippen LogP contribution in [-0.2, 0) is 27.0 Å². The summed E-state index contributed by atoms with van der Waals surface area (Å²) in [6, 6.07) is 19.1. The molecule has 58 heavy (non-hydrogen) atoms. The molecule has 308 valence electrons. The number of carbonyl (C=O) groups excluding carboxylic acids is 3. The van der Waals surface area contributed by atoms with E-state index in [-0.39, 0.29) is 23.8 Å². The van der Waals surface area contributed by atoms with E-state index in [2.05, 4.69) is 33.3 Å². The zero-order valence-corrected chi connectivity index (χ0v) is 32.8. The van der Waals surface area contributed by atoms with Crippen molar-refractivity contribution < 1.29 is 37.0 Å². The largest absolute Gasteiger partial charge is 0.494 e. The Labute approximate surface area is 337 Å². The minimum absolute atomic E-state index is 0.163. The number of nitriles is 1. The smallest absolute Gasteiger partial charge is 0.417 e. The van der Waals surface area contributed by atoms with E-state index in [1.807, 2.05) is 29.2 Å². The van der Waals surface area contributed by atoms with Gasteiger partial charge in [0.05, 0.1) is 37.0 Å². The van der Waals surface area contributed by atoms with Gasteiger partial charge in [-0.25, -0.2) is 0 Å². The van der Waals surface area contributed by atoms with Crippen LogP contribution in [0.4, 0.5) is 24.5 Å². The van der Waals surface area contributed by atoms with E-state index in [9.17, 15) is 27.6 Å². The number of ether oxygens (including phenoxy) is 2. The highest BCUT2D eigenvalue weighted by atomic mass is 19.4. The Morgan fingerprint density at radius 3 is 2.31 bits per heavy atom. The molecule has 4 heterocycles. The Hall–Kier alpha value is -5.13. The monoisotopic (exact) mass is 800 g/mol. The van der Waals surface area contributed by atoms with Gasteiger partial charge in [-0.3, -0.25) is 19.7 Å². The molecule has 3 amide bonds. The minimum Gasteiger partial charge on any atom is -0.494 e. The van der Waals surface area contributed by atoms with E-state index < -0.39 is 23.7 Å². The number of hydrogen-bond donors (Lipinski definition) is 1. The molecule has 3 aromatic rings. The molecule has 1 atom stereocenters. The lowest BCUT2D eigenvalue weighted by Gasteiger charge is -2.34. The van der Waals surface area contributed by atoms with Crippen LogP contribution in [0.1, 0.15) is 89.9 Å². The van der Waals surface area contributed by atoms with Crippen molar-refractivity contribution in [2.75, 3.05) is 75.4 Å². The second-order valence-electron chi connectivity index (χ2n) is 15.6. The van der Waals surface area contributed by atoms with Crippen molar-refractivity contribution in [1.29, 1.82) is 5.26 Å². The lowest BCUT2D eigenvalue weighted by Crippen LogP contribution is -2.52. The summed E-state index contributed by atoms with van der Waals surface area (Å²) >= 11 is 0. The summed E-state index contributed by atoms with van der Waals surface area (Å²) in [5.41, 5.74) is 3.03. The maximum atomic E-state index is 13.5. The predicted molar refractivity (Wildman–Crippen MR) is 213 cm³/mol. The zero-order chi connectivity index (χ0) is 40.6. The fourth-order valence-electron chi connectivity index (χ4n) is 8.57. The van der Waals surface area contributed by atoms with Crippen LogP contribution in [0.3, 0.4) is 0 Å². The Bertz CT molecular complexity index is 1980. The fourth-order valence-corrected chi connectivity index (χ4v) is 8.57. The third-order valence-corrected chi connectivity index (χ3v) is 11.9. The molecular weight excluding hydrogens is 750 g/mol. The van der Waals surface area contributed by atoms with Gasteiger partial charge in [0, 0.05) is 62.6 Å². The van der Waals surface area contributed by atoms with Crippen LogP contribution in [0.2, 0.25) is 0 Å². The second-order valence-corrected chi connectivity index (χ2v) is 15.6. The number of halogens is 3. The first-order valence-electron chi connectivity index (χ1n) is 20.5. The summed E-state index contributed by atoms with van der Waals surface area (Å²) in [6.07, 6.45) is 1.68. The highest BCUT2D eigenvalue weighted by Gasteiger charge is 2.39. The van der Waals surface area contributed by atoms with Crippen molar-refractivity contribution in [1.82, 2.24) is 15.1 Å². The van der Waals surface area contributed by atoms with Gasteiger partial charge in [0.25, 0.3) is 5.91 Å². The second kappa shape index (κ2) is 18.6. The van der Waals surface area contributed by atoms with E-state index in [0.29, 0.717) is 63.0 Å². The van der Waals surface area contributed by atoms with Gasteiger partial charge >= 0.3 is 6.18 Å². The van der Waals surface area contributed by atoms with Crippen LogP contribution < -0.4 is 19.9 Å². The Morgan fingerprint density at radius 2 is 1.55 bits per heavy atom. The number of carbonyl (C=O) groups is 3. The number of unbranched alkanes of at least 4 members (excludes halogenated alkanes) is 1. The SMILES string of the molecule is N#Cc1ccc(N2CCC(c3ccc(OCCCCN4CCCCN(c5ccc6c(c5)CN(C5CCC(=O)NC5=O)C6=O)CCOCC4)cc3)CC2)cc1C(F)(F)F. The van der Waals surface area contributed by atoms with Crippen molar-refractivity contribution in [3.63, 3.8) is 0 Å². The molecule has 4 aliphatic heterocycles. The molecule has 11 nitrogen and oxygen atoms in total. The summed E-state index contributed by atoms with van der Waals surface area (Å²) in [5.74, 6) is 0.288. The average molecular weight is 801 g/mol. The molecule has 14 heteroatoms. The third-order valence-electron chi connectivity index (χ3n) is 11.9. The summed E-state index contributed by atoms with van der Waals surface area (Å²) < 4.78 is 52.6. The van der Waals surface area contributed by atoms with E-state index in [4.69, 9.17) is 14.7 Å². The van der Waals surface area contributed by atoms with Crippen molar-refractivity contribution in [2.24, 2.45) is 0 Å². The summed E-state index contributed by atoms with van der Waals surface area (Å²) in [4.78, 5) is 45.6. The van der Waals surface area contributed by atoms with E-state index in [0.717, 1.165) is 94.3 Å². The molecule has 1 N–H and O–H groups in total. The van der Waals surface area contributed by atoms with E-state index >= 15 is 0 Å². The Kier molecular flexibility index (Phi) is 13.2. The van der Waals surface area contributed by atoms with Crippen molar-refractivity contribution in [2.45, 2.75) is 76.0 Å². The number of rotatable bonds is 10. The van der Waals surface area contributed by atoms with Gasteiger partial charge < -0.3 is 29.1 Å². The first kappa shape index (κ1) is 41.0. The van der Waals surface area contributed by atoms with Crippen LogP contribution in [-0.4, -0.2) is 99.2 Å². The standard InChI is InChI=1S/C44H51F3N6O5/c45-44(46,47)39-28-36(8-5-33(39)29-48)52-20-15-32(16-21-52)31-6-10-37(11-7-31)58-24-4-3-18-50-17-1-2-19-51(23-26-57-25-22-50)35-9-12-38-34(27-35)30-53(43(38)56)40-13-14-41(54)49-42(40)55/h5-12,27-28,32,40H,1-4,13-26,30H2,(H,49,54,55). The molecule has 4 aliphatic rings. The Balaban J connectivity index is 0.808. The van der Waals surface area contributed by atoms with Gasteiger partial charge in [-0.05, 0) is 124 Å². The number of piperidine rings is 2. The molecule has 0 saturated carbocycles. The normalized spacial score (nSPS) is 20.3. The maximum absolute atomic E-state index is 13.5. The zero-order valence-electron chi connectivity index (χ0n) is 32.8. The summed E-state index contributed by atoms with van der Waals surface area (Å²) in [7, 11) is 0. The van der Waals surface area contributed by atoms with Gasteiger partial charge in [0.2, 0.25) is 11.8 Å². The molecule has 1 unspecified atom stereocenters. The molecule has 7 rings (SSSR count). The number of fused-ring (bicyclic) bond motifs is 1. The van der Waals surface area contributed by atoms with Crippen LogP contribution in [0, 0.1) is 11.3 Å². The molecule has 0 aromatic heterocycles. The van der Waals surface area contributed by atoms with Gasteiger partial charge in [-0.15, -0.1) is 0 Å². The molecular formula is C44H51F3N6O5. The number of amides is 3. The van der Waals surface area contributed by atoms with Gasteiger partial charge in [0.15, 0.2) is 0 Å². The van der Waals surface area contributed by atoms with Gasteiger partial charge in [-0.2, -0.15) is 18.4 Å². The number of alkyl halides is 3. The highest BCUT2D eigenvalue weighted by Crippen LogP contribution is 2.37. The lowest BCUT2D eigenvalue weighted by molar-refractivity contribution is -0.138. The summed E-state index contributed by atoms with van der Waals surface area (Å²) in [6.45, 7) is 7.97. The molecule has 3 saturated heterocycles. The quantitative estimate of drug-likeness (QED) is 0.181. The molecule has 3 aromatic carbocycles. The van der Waals surface area contributed by atoms with Crippen molar-refractivity contribution >= 4 is 29.1 Å². The van der Waals surface area contributed by atoms with E-state index in [1.54, 1.807) is 17.0 Å². The topological polar surface area (TPSA) is 118 Å². The molecule has 0 spiro atoms. The highest BCUT2D eigenvalue weighted by molar-refractivity contribution is 6.05. The van der Waals surface area contributed by atoms with Gasteiger partial charge in [0.1, 0.15) is 11.8 Å². The van der Waals surface area contributed by atoms with Crippen LogP contribution in [0.15, 0.2) is 60.7 Å². The first-order valence-corrected chi connectivity index (χ1v) is 20.5. The van der Waals surface area contributed by atoms with Gasteiger partial charge in [-0.1, -0.05) is 12.1 Å². The minimum atomic E-state index is -4.57. The third kappa shape index (κ3) is 9.93. The van der Waals surface area contributed by atoms with Crippen LogP contribution in [0.5, 0.6) is 5.75 Å².